The quantitative estimate of drug-likeness (QED) is 0.592. The predicted molar refractivity (Wildman–Crippen MR) is 56.9 cm³/mol. The Kier molecular flexibility index (Phi) is 2.92. The van der Waals surface area contributed by atoms with Gasteiger partial charge in [0.1, 0.15) is 12.0 Å². The summed E-state index contributed by atoms with van der Waals surface area (Å²) in [6.07, 6.45) is 2.18. The van der Waals surface area contributed by atoms with E-state index in [1.165, 1.54) is 0 Å². The molecule has 4 heteroatoms. The number of rotatable bonds is 4. The first-order valence-electron chi connectivity index (χ1n) is 4.53. The molecule has 0 aliphatic heterocycles. The average Bonchev–Trinajstić information content (AvgIpc) is 2.64. The minimum Gasteiger partial charge on any atom is -0.468 e. The van der Waals surface area contributed by atoms with Crippen molar-refractivity contribution in [1.29, 1.82) is 0 Å². The van der Waals surface area contributed by atoms with E-state index < -0.39 is 0 Å². The largest absolute Gasteiger partial charge is 0.468 e. The molecule has 0 N–H and O–H groups in total. The summed E-state index contributed by atoms with van der Waals surface area (Å²) in [6, 6.07) is 5.61. The second-order valence-electron chi connectivity index (χ2n) is 3.08. The summed E-state index contributed by atoms with van der Waals surface area (Å²) >= 11 is 5.98. The number of carbonyl (C=O) groups is 1. The molecule has 3 nitrogen and oxygen atoms in total. The van der Waals surface area contributed by atoms with Crippen LogP contribution < -0.4 is 0 Å². The molecule has 78 valence electrons. The Morgan fingerprint density at radius 1 is 1.40 bits per heavy atom. The molecule has 1 aromatic carbocycles. The number of furan rings is 1. The Morgan fingerprint density at radius 2 is 2.27 bits per heavy atom. The van der Waals surface area contributed by atoms with Gasteiger partial charge < -0.3 is 9.15 Å². The van der Waals surface area contributed by atoms with E-state index in [4.69, 9.17) is 16.0 Å². The van der Waals surface area contributed by atoms with Crippen molar-refractivity contribution in [2.45, 2.75) is 6.42 Å². The van der Waals surface area contributed by atoms with Crippen LogP contribution in [0.5, 0.6) is 0 Å². The molecule has 0 fully saturated rings. The summed E-state index contributed by atoms with van der Waals surface area (Å²) in [6.45, 7) is 0.747. The zero-order valence-corrected chi connectivity index (χ0v) is 8.66. The Labute approximate surface area is 91.6 Å². The molecule has 1 aromatic heterocycles. The summed E-state index contributed by atoms with van der Waals surface area (Å²) in [5.41, 5.74) is 0. The Bertz CT molecular complexity index is 476. The molecule has 0 atom stereocenters. The molecule has 1 heterocycles. The van der Waals surface area contributed by atoms with Gasteiger partial charge in [-0.25, -0.2) is 0 Å². The van der Waals surface area contributed by atoms with E-state index >= 15 is 0 Å². The zero-order chi connectivity index (χ0) is 10.7. The van der Waals surface area contributed by atoms with Crippen LogP contribution in [0.15, 0.2) is 28.9 Å². The molecule has 0 radical (unpaired) electrons. The molecular formula is C11H9ClO3. The first kappa shape index (κ1) is 10.1. The van der Waals surface area contributed by atoms with Crippen LogP contribution in [0.25, 0.3) is 10.8 Å². The Morgan fingerprint density at radius 3 is 3.07 bits per heavy atom. The first-order valence-corrected chi connectivity index (χ1v) is 4.90. The number of benzene rings is 1. The number of halogens is 1. The lowest BCUT2D eigenvalue weighted by Crippen LogP contribution is -1.95. The molecule has 0 bridgehead atoms. The number of fused-ring (bicyclic) bond motifs is 1. The molecule has 0 amide bonds. The van der Waals surface area contributed by atoms with Crippen molar-refractivity contribution in [3.63, 3.8) is 0 Å². The van der Waals surface area contributed by atoms with Crippen LogP contribution in [0.3, 0.4) is 0 Å². The second kappa shape index (κ2) is 4.36. The molecule has 0 aliphatic carbocycles. The normalized spacial score (nSPS) is 10.5. The van der Waals surface area contributed by atoms with Crippen LogP contribution >= 0.6 is 11.6 Å². The van der Waals surface area contributed by atoms with Gasteiger partial charge in [0.2, 0.25) is 0 Å². The molecular weight excluding hydrogens is 216 g/mol. The molecule has 0 saturated carbocycles. The van der Waals surface area contributed by atoms with Gasteiger partial charge in [-0.2, -0.15) is 0 Å². The van der Waals surface area contributed by atoms with Gasteiger partial charge in [-0.05, 0) is 6.07 Å². The highest BCUT2D eigenvalue weighted by atomic mass is 35.5. The van der Waals surface area contributed by atoms with Crippen molar-refractivity contribution in [3.05, 3.63) is 35.2 Å². The fourth-order valence-corrected chi connectivity index (χ4v) is 1.71. The fraction of sp³-hybridized carbons (Fsp3) is 0.182. The molecule has 0 aliphatic rings. The van der Waals surface area contributed by atoms with Crippen molar-refractivity contribution >= 4 is 28.8 Å². The number of hydrogen-bond acceptors (Lipinski definition) is 3. The van der Waals surface area contributed by atoms with E-state index in [9.17, 15) is 4.79 Å². The number of hydrogen-bond donors (Lipinski definition) is 0. The molecule has 0 unspecified atom stereocenters. The van der Waals surface area contributed by atoms with Crippen LogP contribution in [0.2, 0.25) is 5.02 Å². The third-order valence-corrected chi connectivity index (χ3v) is 2.52. The molecule has 0 spiro atoms. The first-order chi connectivity index (χ1) is 7.33. The van der Waals surface area contributed by atoms with Crippen molar-refractivity contribution in [1.82, 2.24) is 0 Å². The Balaban J connectivity index is 2.28. The standard InChI is InChI=1S/C11H9ClO3/c12-10-3-1-2-8-9(10)6-15-11(8)4-5-14-7-13/h1-3,6-7H,4-5H2. The number of ether oxygens (including phenoxy) is 1. The zero-order valence-electron chi connectivity index (χ0n) is 7.90. The van der Waals surface area contributed by atoms with Gasteiger partial charge in [-0.3, -0.25) is 4.79 Å². The highest BCUT2D eigenvalue weighted by Gasteiger charge is 2.07. The second-order valence-corrected chi connectivity index (χ2v) is 3.48. The summed E-state index contributed by atoms with van der Waals surface area (Å²) in [7, 11) is 0. The summed E-state index contributed by atoms with van der Waals surface area (Å²) in [5.74, 6) is 0.786. The smallest absolute Gasteiger partial charge is 0.293 e. The third kappa shape index (κ3) is 1.97. The van der Waals surface area contributed by atoms with E-state index in [-0.39, 0.29) is 0 Å². The fourth-order valence-electron chi connectivity index (χ4n) is 1.49. The maximum Gasteiger partial charge on any atom is 0.293 e. The molecule has 2 aromatic rings. The summed E-state index contributed by atoms with van der Waals surface area (Å²) < 4.78 is 9.97. The minimum absolute atomic E-state index is 0.318. The van der Waals surface area contributed by atoms with Crippen LogP contribution in [0.4, 0.5) is 0 Å². The van der Waals surface area contributed by atoms with Gasteiger partial charge in [0.25, 0.3) is 6.47 Å². The van der Waals surface area contributed by atoms with Gasteiger partial charge in [-0.1, -0.05) is 23.7 Å². The van der Waals surface area contributed by atoms with Gasteiger partial charge in [-0.15, -0.1) is 0 Å². The average molecular weight is 225 g/mol. The van der Waals surface area contributed by atoms with Gasteiger partial charge in [0.05, 0.1) is 11.6 Å². The highest BCUT2D eigenvalue weighted by molar-refractivity contribution is 6.35. The van der Waals surface area contributed by atoms with Crippen molar-refractivity contribution in [2.75, 3.05) is 6.61 Å². The van der Waals surface area contributed by atoms with Crippen molar-refractivity contribution in [3.8, 4) is 0 Å². The van der Waals surface area contributed by atoms with Crippen LogP contribution in [-0.2, 0) is 16.0 Å². The lowest BCUT2D eigenvalue weighted by molar-refractivity contribution is -0.128. The monoisotopic (exact) mass is 224 g/mol. The highest BCUT2D eigenvalue weighted by Crippen LogP contribution is 2.27. The third-order valence-electron chi connectivity index (χ3n) is 2.19. The van der Waals surface area contributed by atoms with Crippen molar-refractivity contribution < 1.29 is 13.9 Å². The predicted octanol–water partition coefficient (Wildman–Crippen LogP) is 2.80. The lowest BCUT2D eigenvalue weighted by atomic mass is 10.1. The summed E-state index contributed by atoms with van der Waals surface area (Å²) in [5, 5.41) is 2.52. The van der Waals surface area contributed by atoms with E-state index in [0.29, 0.717) is 24.5 Å². The maximum absolute atomic E-state index is 9.98. The molecule has 2 rings (SSSR count). The van der Waals surface area contributed by atoms with Crippen LogP contribution in [0.1, 0.15) is 5.76 Å². The van der Waals surface area contributed by atoms with E-state index in [1.54, 1.807) is 6.26 Å². The molecule has 0 saturated heterocycles. The van der Waals surface area contributed by atoms with Gasteiger partial charge >= 0.3 is 0 Å². The van der Waals surface area contributed by atoms with Crippen molar-refractivity contribution in [2.24, 2.45) is 0 Å². The SMILES string of the molecule is O=COCCc1occ2c(Cl)cccc12. The number of carbonyl (C=O) groups excluding carboxylic acids is 1. The molecule has 15 heavy (non-hydrogen) atoms. The summed E-state index contributed by atoms with van der Waals surface area (Å²) in [4.78, 5) is 9.98. The van der Waals surface area contributed by atoms with Crippen LogP contribution in [0, 0.1) is 0 Å². The van der Waals surface area contributed by atoms with Gasteiger partial charge in [0.15, 0.2) is 0 Å². The minimum atomic E-state index is 0.318. The van der Waals surface area contributed by atoms with E-state index in [1.807, 2.05) is 18.2 Å². The van der Waals surface area contributed by atoms with E-state index in [0.717, 1.165) is 16.5 Å². The Hall–Kier alpha value is -1.48. The lowest BCUT2D eigenvalue weighted by Gasteiger charge is -1.97. The van der Waals surface area contributed by atoms with E-state index in [2.05, 4.69) is 4.74 Å². The van der Waals surface area contributed by atoms with Gasteiger partial charge in [0, 0.05) is 17.2 Å². The maximum atomic E-state index is 9.98. The van der Waals surface area contributed by atoms with Crippen LogP contribution in [-0.4, -0.2) is 13.1 Å². The topological polar surface area (TPSA) is 39.4 Å².